The molecule has 1 saturated heterocycles. The Labute approximate surface area is 140 Å². The van der Waals surface area contributed by atoms with Gasteiger partial charge in [-0.2, -0.15) is 0 Å². The molecule has 2 aromatic carbocycles. The first-order chi connectivity index (χ1) is 11.6. The molecular weight excluding hydrogens is 306 g/mol. The number of methoxy groups -OCH3 is 1. The zero-order chi connectivity index (χ0) is 17.1. The molecule has 0 amide bonds. The van der Waals surface area contributed by atoms with Crippen molar-refractivity contribution in [2.45, 2.75) is 6.42 Å². The highest BCUT2D eigenvalue weighted by molar-refractivity contribution is 6.06. The van der Waals surface area contributed by atoms with E-state index in [1.807, 2.05) is 12.1 Å². The van der Waals surface area contributed by atoms with Gasteiger partial charge in [-0.25, -0.2) is 4.79 Å². The van der Waals surface area contributed by atoms with E-state index < -0.39 is 5.97 Å². The number of carbonyl (C=O) groups excluding carboxylic acids is 1. The number of rotatable bonds is 5. The molecule has 0 aromatic heterocycles. The Morgan fingerprint density at radius 3 is 2.54 bits per heavy atom. The fraction of sp³-hybridized carbons (Fsp3) is 0.263. The van der Waals surface area contributed by atoms with E-state index in [2.05, 4.69) is 5.32 Å². The lowest BCUT2D eigenvalue weighted by molar-refractivity contribution is 0.0697. The Kier molecular flexibility index (Phi) is 4.62. The van der Waals surface area contributed by atoms with Crippen molar-refractivity contribution < 1.29 is 19.4 Å². The SMILES string of the molecule is COc1ccc(-c2ccccc2C(=O)C2CCNC2)c(C(=O)O)c1. The second-order valence-electron chi connectivity index (χ2n) is 5.82. The Hall–Kier alpha value is -2.66. The number of aromatic carboxylic acids is 1. The van der Waals surface area contributed by atoms with Crippen LogP contribution in [0.25, 0.3) is 11.1 Å². The van der Waals surface area contributed by atoms with Crippen molar-refractivity contribution in [3.8, 4) is 16.9 Å². The van der Waals surface area contributed by atoms with Crippen LogP contribution in [0.1, 0.15) is 27.1 Å². The molecule has 1 heterocycles. The number of benzene rings is 2. The molecule has 2 N–H and O–H groups in total. The lowest BCUT2D eigenvalue weighted by Gasteiger charge is -2.14. The van der Waals surface area contributed by atoms with Crippen LogP contribution in [0.4, 0.5) is 0 Å². The van der Waals surface area contributed by atoms with Crippen LogP contribution in [-0.4, -0.2) is 37.1 Å². The predicted octanol–water partition coefficient (Wildman–Crippen LogP) is 2.85. The van der Waals surface area contributed by atoms with Gasteiger partial charge in [0.2, 0.25) is 0 Å². The van der Waals surface area contributed by atoms with Crippen LogP contribution in [0.2, 0.25) is 0 Å². The molecule has 1 aliphatic heterocycles. The first-order valence-corrected chi connectivity index (χ1v) is 7.87. The van der Waals surface area contributed by atoms with Crippen LogP contribution >= 0.6 is 0 Å². The summed E-state index contributed by atoms with van der Waals surface area (Å²) in [5.41, 5.74) is 1.87. The molecular formula is C19H19NO4. The van der Waals surface area contributed by atoms with Crippen LogP contribution in [-0.2, 0) is 0 Å². The summed E-state index contributed by atoms with van der Waals surface area (Å²) in [7, 11) is 1.49. The highest BCUT2D eigenvalue weighted by Crippen LogP contribution is 2.32. The Morgan fingerprint density at radius 1 is 1.12 bits per heavy atom. The smallest absolute Gasteiger partial charge is 0.336 e. The highest BCUT2D eigenvalue weighted by atomic mass is 16.5. The summed E-state index contributed by atoms with van der Waals surface area (Å²) in [5, 5.41) is 12.7. The summed E-state index contributed by atoms with van der Waals surface area (Å²) in [4.78, 5) is 24.5. The molecule has 0 spiro atoms. The number of nitrogens with one attached hydrogen (secondary N) is 1. The van der Waals surface area contributed by atoms with E-state index in [-0.39, 0.29) is 17.3 Å². The maximum Gasteiger partial charge on any atom is 0.336 e. The minimum Gasteiger partial charge on any atom is -0.497 e. The fourth-order valence-electron chi connectivity index (χ4n) is 3.09. The van der Waals surface area contributed by atoms with Gasteiger partial charge in [-0.3, -0.25) is 4.79 Å². The standard InChI is InChI=1S/C19H19NO4/c1-24-13-6-7-15(17(10-13)19(22)23)14-4-2-3-5-16(14)18(21)12-8-9-20-11-12/h2-7,10,12,20H,8-9,11H2,1H3,(H,22,23). The van der Waals surface area contributed by atoms with Crippen molar-refractivity contribution in [3.05, 3.63) is 53.6 Å². The maximum atomic E-state index is 12.8. The Bertz CT molecular complexity index is 779. The van der Waals surface area contributed by atoms with Crippen molar-refractivity contribution >= 4 is 11.8 Å². The molecule has 0 bridgehead atoms. The number of hydrogen-bond donors (Lipinski definition) is 2. The number of Topliss-reactive ketones (excluding diaryl/α,β-unsaturated/α-hetero) is 1. The zero-order valence-corrected chi connectivity index (χ0v) is 13.4. The molecule has 3 rings (SSSR count). The first kappa shape index (κ1) is 16.2. The van der Waals surface area contributed by atoms with E-state index in [9.17, 15) is 14.7 Å². The van der Waals surface area contributed by atoms with Crippen molar-refractivity contribution in [1.82, 2.24) is 5.32 Å². The Balaban J connectivity index is 2.10. The summed E-state index contributed by atoms with van der Waals surface area (Å²) in [5.74, 6) is -0.575. The average molecular weight is 325 g/mol. The maximum absolute atomic E-state index is 12.8. The van der Waals surface area contributed by atoms with Crippen LogP contribution in [0.15, 0.2) is 42.5 Å². The van der Waals surface area contributed by atoms with Crippen molar-refractivity contribution in [2.75, 3.05) is 20.2 Å². The number of hydrogen-bond acceptors (Lipinski definition) is 4. The number of carboxylic acids is 1. The minimum atomic E-state index is -1.05. The summed E-state index contributed by atoms with van der Waals surface area (Å²) in [6.07, 6.45) is 0.807. The molecule has 5 heteroatoms. The van der Waals surface area contributed by atoms with E-state index in [1.54, 1.807) is 24.3 Å². The van der Waals surface area contributed by atoms with Crippen LogP contribution < -0.4 is 10.1 Å². The topological polar surface area (TPSA) is 75.6 Å². The number of carboxylic acid groups (broad SMARTS) is 1. The molecule has 2 aromatic rings. The van der Waals surface area contributed by atoms with Gasteiger partial charge in [0.25, 0.3) is 0 Å². The summed E-state index contributed by atoms with van der Waals surface area (Å²) >= 11 is 0. The first-order valence-electron chi connectivity index (χ1n) is 7.87. The number of carbonyl (C=O) groups is 2. The third-order valence-electron chi connectivity index (χ3n) is 4.37. The summed E-state index contributed by atoms with van der Waals surface area (Å²) in [6, 6.07) is 12.1. The second kappa shape index (κ2) is 6.84. The average Bonchev–Trinajstić information content (AvgIpc) is 3.15. The Morgan fingerprint density at radius 2 is 1.88 bits per heavy atom. The van der Waals surface area contributed by atoms with Crippen LogP contribution in [0.5, 0.6) is 5.75 Å². The molecule has 24 heavy (non-hydrogen) atoms. The minimum absolute atomic E-state index is 0.0577. The van der Waals surface area contributed by atoms with Crippen molar-refractivity contribution in [2.24, 2.45) is 5.92 Å². The normalized spacial score (nSPS) is 16.8. The van der Waals surface area contributed by atoms with E-state index >= 15 is 0 Å². The zero-order valence-electron chi connectivity index (χ0n) is 13.4. The lowest BCUT2D eigenvalue weighted by Crippen LogP contribution is -2.18. The van der Waals surface area contributed by atoms with Gasteiger partial charge >= 0.3 is 5.97 Å². The molecule has 1 atom stereocenters. The molecule has 0 aliphatic carbocycles. The van der Waals surface area contributed by atoms with Crippen LogP contribution in [0.3, 0.4) is 0 Å². The van der Waals surface area contributed by atoms with Gasteiger partial charge in [0.1, 0.15) is 5.75 Å². The molecule has 0 saturated carbocycles. The fourth-order valence-corrected chi connectivity index (χ4v) is 3.09. The summed E-state index contributed by atoms with van der Waals surface area (Å²) < 4.78 is 5.12. The predicted molar refractivity (Wildman–Crippen MR) is 90.7 cm³/mol. The van der Waals surface area contributed by atoms with E-state index in [0.29, 0.717) is 29.0 Å². The van der Waals surface area contributed by atoms with E-state index in [0.717, 1.165) is 13.0 Å². The van der Waals surface area contributed by atoms with Crippen molar-refractivity contribution in [1.29, 1.82) is 0 Å². The summed E-state index contributed by atoms with van der Waals surface area (Å²) in [6.45, 7) is 1.50. The van der Waals surface area contributed by atoms with Gasteiger partial charge in [0, 0.05) is 18.0 Å². The lowest BCUT2D eigenvalue weighted by atomic mass is 9.89. The van der Waals surface area contributed by atoms with Gasteiger partial charge < -0.3 is 15.2 Å². The number of ketones is 1. The quantitative estimate of drug-likeness (QED) is 0.827. The molecule has 1 unspecified atom stereocenters. The van der Waals surface area contributed by atoms with Gasteiger partial charge in [-0.05, 0) is 42.3 Å². The van der Waals surface area contributed by atoms with Crippen LogP contribution in [0, 0.1) is 5.92 Å². The third kappa shape index (κ3) is 3.03. The van der Waals surface area contributed by atoms with Gasteiger partial charge in [0.05, 0.1) is 12.7 Å². The largest absolute Gasteiger partial charge is 0.497 e. The molecule has 5 nitrogen and oxygen atoms in total. The van der Waals surface area contributed by atoms with Crippen molar-refractivity contribution in [3.63, 3.8) is 0 Å². The van der Waals surface area contributed by atoms with E-state index in [1.165, 1.54) is 13.2 Å². The third-order valence-corrected chi connectivity index (χ3v) is 4.37. The van der Waals surface area contributed by atoms with Gasteiger partial charge in [0.15, 0.2) is 5.78 Å². The van der Waals surface area contributed by atoms with Gasteiger partial charge in [-0.1, -0.05) is 24.3 Å². The number of ether oxygens (including phenoxy) is 1. The second-order valence-corrected chi connectivity index (χ2v) is 5.82. The molecule has 124 valence electrons. The van der Waals surface area contributed by atoms with E-state index in [4.69, 9.17) is 4.74 Å². The molecule has 0 radical (unpaired) electrons. The van der Waals surface area contributed by atoms with Gasteiger partial charge in [-0.15, -0.1) is 0 Å². The molecule has 1 aliphatic rings. The highest BCUT2D eigenvalue weighted by Gasteiger charge is 2.26. The monoisotopic (exact) mass is 325 g/mol. The molecule has 1 fully saturated rings.